The van der Waals surface area contributed by atoms with Gasteiger partial charge in [0.25, 0.3) is 10.0 Å². The lowest BCUT2D eigenvalue weighted by atomic mass is 10.3. The van der Waals surface area contributed by atoms with Crippen LogP contribution < -0.4 is 9.57 Å². The first-order chi connectivity index (χ1) is 11.9. The third kappa shape index (κ3) is 3.52. The molecular formula is C16H18N4O3S2. The number of rotatable bonds is 6. The topological polar surface area (TPSA) is 85.1 Å². The second-order valence-corrected chi connectivity index (χ2v) is 7.83. The van der Waals surface area contributed by atoms with Crippen LogP contribution in [-0.4, -0.2) is 30.6 Å². The lowest BCUT2D eigenvalue weighted by Crippen LogP contribution is -2.18. The molecule has 132 valence electrons. The number of hydrogen-bond acceptors (Lipinski definition) is 6. The number of hydrogen-bond donors (Lipinski definition) is 1. The summed E-state index contributed by atoms with van der Waals surface area (Å²) in [6.07, 6.45) is 1.47. The zero-order valence-corrected chi connectivity index (χ0v) is 15.7. The van der Waals surface area contributed by atoms with E-state index >= 15 is 0 Å². The molecule has 0 unspecified atom stereocenters. The molecule has 2 aromatic heterocycles. The fourth-order valence-corrected chi connectivity index (χ4v) is 4.08. The van der Waals surface area contributed by atoms with Crippen LogP contribution >= 0.6 is 11.3 Å². The number of ether oxygens (including phenoxy) is 1. The molecule has 0 saturated heterocycles. The van der Waals surface area contributed by atoms with Gasteiger partial charge < -0.3 is 4.74 Å². The summed E-state index contributed by atoms with van der Waals surface area (Å²) in [5.74, 6) is 0.621. The summed E-state index contributed by atoms with van der Waals surface area (Å²) in [6.45, 7) is 6.22. The van der Waals surface area contributed by atoms with E-state index in [1.165, 1.54) is 29.7 Å². The van der Waals surface area contributed by atoms with Crippen molar-refractivity contribution >= 4 is 32.5 Å². The average Bonchev–Trinajstić information content (AvgIpc) is 3.08. The Morgan fingerprint density at radius 1 is 1.32 bits per heavy atom. The van der Waals surface area contributed by atoms with Gasteiger partial charge in [-0.25, -0.2) is 9.82 Å². The highest BCUT2D eigenvalue weighted by molar-refractivity contribution is 7.89. The van der Waals surface area contributed by atoms with Gasteiger partial charge >= 0.3 is 0 Å². The van der Waals surface area contributed by atoms with Gasteiger partial charge in [0.2, 0.25) is 0 Å². The molecule has 0 radical (unpaired) electrons. The summed E-state index contributed by atoms with van der Waals surface area (Å²) in [5, 5.41) is 5.89. The molecule has 0 saturated carbocycles. The Morgan fingerprint density at radius 3 is 2.72 bits per heavy atom. The number of thiazole rings is 1. The highest BCUT2D eigenvalue weighted by Crippen LogP contribution is 2.19. The largest absolute Gasteiger partial charge is 0.494 e. The van der Waals surface area contributed by atoms with Crippen LogP contribution in [0.2, 0.25) is 0 Å². The van der Waals surface area contributed by atoms with Crippen molar-refractivity contribution in [2.75, 3.05) is 6.61 Å². The van der Waals surface area contributed by atoms with E-state index in [-0.39, 0.29) is 4.90 Å². The normalized spacial score (nSPS) is 12.1. The molecule has 0 fully saturated rings. The van der Waals surface area contributed by atoms with E-state index in [0.29, 0.717) is 12.4 Å². The zero-order chi connectivity index (χ0) is 18.0. The van der Waals surface area contributed by atoms with E-state index in [1.54, 1.807) is 12.1 Å². The van der Waals surface area contributed by atoms with E-state index < -0.39 is 10.0 Å². The molecule has 0 spiro atoms. The molecule has 1 aromatic carbocycles. The Bertz CT molecular complexity index is 1020. The molecular weight excluding hydrogens is 360 g/mol. The maximum Gasteiger partial charge on any atom is 0.276 e. The summed E-state index contributed by atoms with van der Waals surface area (Å²) in [7, 11) is -3.74. The van der Waals surface area contributed by atoms with Gasteiger partial charge in [-0.05, 0) is 45.0 Å². The summed E-state index contributed by atoms with van der Waals surface area (Å²) in [4.78, 5) is 7.64. The summed E-state index contributed by atoms with van der Waals surface area (Å²) in [6, 6.07) is 6.19. The van der Waals surface area contributed by atoms with Crippen molar-refractivity contribution in [1.82, 2.24) is 14.2 Å². The molecule has 9 heteroatoms. The van der Waals surface area contributed by atoms with E-state index in [9.17, 15) is 8.42 Å². The van der Waals surface area contributed by atoms with Gasteiger partial charge in [0.05, 0.1) is 29.1 Å². The molecule has 1 N–H and O–H groups in total. The Balaban J connectivity index is 1.80. The number of aromatic nitrogens is 2. The first-order valence-electron chi connectivity index (χ1n) is 7.63. The van der Waals surface area contributed by atoms with Crippen LogP contribution in [-0.2, 0) is 10.0 Å². The molecule has 7 nitrogen and oxygen atoms in total. The van der Waals surface area contributed by atoms with Crippen LogP contribution in [0.1, 0.15) is 24.0 Å². The monoisotopic (exact) mass is 378 g/mol. The van der Waals surface area contributed by atoms with Crippen LogP contribution in [0, 0.1) is 13.8 Å². The molecule has 3 rings (SSSR count). The van der Waals surface area contributed by atoms with Crippen molar-refractivity contribution in [3.05, 3.63) is 46.7 Å². The number of fused-ring (bicyclic) bond motifs is 1. The van der Waals surface area contributed by atoms with E-state index in [4.69, 9.17) is 4.74 Å². The minimum atomic E-state index is -3.74. The number of sulfonamides is 1. The standard InChI is InChI=1S/C16H18N4O3S2/c1-4-23-13-5-7-14(8-6-13)25(21,22)19-17-9-15-12(3)18-16-20(15)11(2)10-24-16/h5-10,19H,4H2,1-3H3/b17-9-. The minimum Gasteiger partial charge on any atom is -0.494 e. The lowest BCUT2D eigenvalue weighted by Gasteiger charge is -2.05. The quantitative estimate of drug-likeness (QED) is 0.528. The second-order valence-electron chi connectivity index (χ2n) is 5.33. The van der Waals surface area contributed by atoms with Crippen LogP contribution in [0.4, 0.5) is 0 Å². The fourth-order valence-electron chi connectivity index (χ4n) is 2.37. The van der Waals surface area contributed by atoms with Gasteiger partial charge in [-0.15, -0.1) is 11.3 Å². The van der Waals surface area contributed by atoms with E-state index in [1.807, 2.05) is 30.6 Å². The molecule has 0 atom stereocenters. The molecule has 0 amide bonds. The van der Waals surface area contributed by atoms with Crippen molar-refractivity contribution in [2.45, 2.75) is 25.7 Å². The van der Waals surface area contributed by atoms with Crippen molar-refractivity contribution < 1.29 is 13.2 Å². The van der Waals surface area contributed by atoms with Crippen molar-refractivity contribution in [1.29, 1.82) is 0 Å². The smallest absolute Gasteiger partial charge is 0.276 e. The van der Waals surface area contributed by atoms with E-state index in [0.717, 1.165) is 22.0 Å². The zero-order valence-electron chi connectivity index (χ0n) is 14.1. The maximum absolute atomic E-state index is 12.3. The number of nitrogens with zero attached hydrogens (tertiary/aromatic N) is 3. The van der Waals surface area contributed by atoms with Gasteiger partial charge in [0.1, 0.15) is 5.75 Å². The lowest BCUT2D eigenvalue weighted by molar-refractivity contribution is 0.340. The van der Waals surface area contributed by atoms with Gasteiger partial charge in [-0.2, -0.15) is 13.5 Å². The molecule has 0 bridgehead atoms. The second kappa shape index (κ2) is 6.85. The Labute approximate surface area is 150 Å². The number of imidazole rings is 1. The molecule has 25 heavy (non-hydrogen) atoms. The Hall–Kier alpha value is -2.39. The molecule has 0 aliphatic heterocycles. The van der Waals surface area contributed by atoms with Crippen LogP contribution in [0.15, 0.2) is 39.6 Å². The third-order valence-corrected chi connectivity index (χ3v) is 5.74. The predicted molar refractivity (Wildman–Crippen MR) is 98.1 cm³/mol. The van der Waals surface area contributed by atoms with Gasteiger partial charge in [0, 0.05) is 11.1 Å². The number of hydrazone groups is 1. The summed E-state index contributed by atoms with van der Waals surface area (Å²) < 4.78 is 31.9. The van der Waals surface area contributed by atoms with Crippen LogP contribution in [0.3, 0.4) is 0 Å². The Morgan fingerprint density at radius 2 is 2.04 bits per heavy atom. The van der Waals surface area contributed by atoms with Gasteiger partial charge in [-0.1, -0.05) is 0 Å². The number of nitrogens with one attached hydrogen (secondary N) is 1. The maximum atomic E-state index is 12.3. The fraction of sp³-hybridized carbons (Fsp3) is 0.250. The van der Waals surface area contributed by atoms with Gasteiger partial charge in [0.15, 0.2) is 4.96 Å². The number of benzene rings is 1. The highest BCUT2D eigenvalue weighted by atomic mass is 32.2. The molecule has 3 aromatic rings. The van der Waals surface area contributed by atoms with Crippen molar-refractivity contribution in [3.8, 4) is 5.75 Å². The van der Waals surface area contributed by atoms with Crippen LogP contribution in [0.25, 0.3) is 4.96 Å². The minimum absolute atomic E-state index is 0.120. The first kappa shape index (κ1) is 17.4. The summed E-state index contributed by atoms with van der Waals surface area (Å²) >= 11 is 1.53. The average molecular weight is 378 g/mol. The Kier molecular flexibility index (Phi) is 4.78. The molecule has 0 aliphatic carbocycles. The summed E-state index contributed by atoms with van der Waals surface area (Å²) in [5.41, 5.74) is 2.57. The van der Waals surface area contributed by atoms with Crippen molar-refractivity contribution in [3.63, 3.8) is 0 Å². The van der Waals surface area contributed by atoms with Gasteiger partial charge in [-0.3, -0.25) is 4.40 Å². The number of aryl methyl sites for hydroxylation is 2. The third-order valence-electron chi connectivity index (χ3n) is 3.56. The van der Waals surface area contributed by atoms with Crippen LogP contribution in [0.5, 0.6) is 5.75 Å². The van der Waals surface area contributed by atoms with Crippen molar-refractivity contribution in [2.24, 2.45) is 5.10 Å². The first-order valence-corrected chi connectivity index (χ1v) is 9.99. The molecule has 0 aliphatic rings. The van der Waals surface area contributed by atoms with E-state index in [2.05, 4.69) is 14.9 Å². The SMILES string of the molecule is CCOc1ccc(S(=O)(=O)N/N=C\c2c(C)nc3scc(C)n23)cc1. The predicted octanol–water partition coefficient (Wildman–Crippen LogP) is 2.72. The molecule has 2 heterocycles. The highest BCUT2D eigenvalue weighted by Gasteiger charge is 2.14.